The first-order chi connectivity index (χ1) is 7.09. The number of aliphatic hydroxyl groups is 1. The van der Waals surface area contributed by atoms with Gasteiger partial charge in [0.1, 0.15) is 0 Å². The number of hydrogen-bond acceptors (Lipinski definition) is 2. The summed E-state index contributed by atoms with van der Waals surface area (Å²) in [4.78, 5) is 1.20. The van der Waals surface area contributed by atoms with Crippen molar-refractivity contribution < 1.29 is 5.11 Å². The van der Waals surface area contributed by atoms with Gasteiger partial charge in [-0.1, -0.05) is 35.8 Å². The van der Waals surface area contributed by atoms with Crippen LogP contribution in [0, 0.1) is 0 Å². The third kappa shape index (κ3) is 4.17. The third-order valence-electron chi connectivity index (χ3n) is 2.62. The highest BCUT2D eigenvalue weighted by atomic mass is 79.9. The average Bonchev–Trinajstić information content (AvgIpc) is 2.26. The van der Waals surface area contributed by atoms with E-state index < -0.39 is 5.60 Å². The Hall–Kier alpha value is 0.01000. The number of rotatable bonds is 5. The van der Waals surface area contributed by atoms with Gasteiger partial charge in [-0.2, -0.15) is 0 Å². The molecule has 3 heteroatoms. The van der Waals surface area contributed by atoms with Gasteiger partial charge in [-0.15, -0.1) is 11.8 Å². The second-order valence-corrected chi connectivity index (χ2v) is 5.64. The Labute approximate surface area is 104 Å². The summed E-state index contributed by atoms with van der Waals surface area (Å²) in [6.45, 7) is 4.07. The molecule has 0 atom stereocenters. The van der Waals surface area contributed by atoms with Crippen LogP contribution in [0.4, 0.5) is 0 Å². The molecule has 15 heavy (non-hydrogen) atoms. The van der Waals surface area contributed by atoms with Crippen LogP contribution in [-0.4, -0.2) is 16.5 Å². The number of hydrogen-bond donors (Lipinski definition) is 1. The molecule has 0 fully saturated rings. The molecule has 0 radical (unpaired) electrons. The van der Waals surface area contributed by atoms with Crippen molar-refractivity contribution in [3.63, 3.8) is 0 Å². The van der Waals surface area contributed by atoms with Crippen LogP contribution >= 0.6 is 27.7 Å². The topological polar surface area (TPSA) is 20.2 Å². The zero-order valence-corrected chi connectivity index (χ0v) is 11.6. The van der Waals surface area contributed by atoms with Crippen molar-refractivity contribution in [2.75, 3.05) is 5.75 Å². The maximum Gasteiger partial charge on any atom is 0.0736 e. The van der Waals surface area contributed by atoms with Crippen LogP contribution in [0.15, 0.2) is 33.6 Å². The van der Waals surface area contributed by atoms with Gasteiger partial charge in [-0.3, -0.25) is 0 Å². The molecule has 0 amide bonds. The van der Waals surface area contributed by atoms with Crippen molar-refractivity contribution in [3.8, 4) is 0 Å². The Morgan fingerprint density at radius 1 is 1.33 bits per heavy atom. The molecule has 0 heterocycles. The maximum absolute atomic E-state index is 10.1. The fraction of sp³-hybridized carbons (Fsp3) is 0.500. The molecule has 1 aromatic rings. The molecule has 84 valence electrons. The van der Waals surface area contributed by atoms with Gasteiger partial charge in [0.05, 0.1) is 5.60 Å². The summed E-state index contributed by atoms with van der Waals surface area (Å²) < 4.78 is 1.09. The normalized spacial score (nSPS) is 11.7. The van der Waals surface area contributed by atoms with Gasteiger partial charge in [0.2, 0.25) is 0 Å². The van der Waals surface area contributed by atoms with Crippen LogP contribution in [0.1, 0.15) is 26.7 Å². The highest BCUT2D eigenvalue weighted by molar-refractivity contribution is 9.10. The minimum atomic E-state index is -0.521. The molecule has 0 spiro atoms. The van der Waals surface area contributed by atoms with Crippen LogP contribution in [0.2, 0.25) is 0 Å². The van der Waals surface area contributed by atoms with Crippen LogP contribution in [0.3, 0.4) is 0 Å². The lowest BCUT2D eigenvalue weighted by Crippen LogP contribution is -2.29. The molecule has 0 saturated heterocycles. The Balaban J connectivity index is 2.56. The lowest BCUT2D eigenvalue weighted by molar-refractivity contribution is 0.0572. The molecule has 1 aromatic carbocycles. The van der Waals surface area contributed by atoms with Crippen LogP contribution < -0.4 is 0 Å². The van der Waals surface area contributed by atoms with Crippen LogP contribution in [0.25, 0.3) is 0 Å². The molecule has 1 rings (SSSR count). The zero-order valence-electron chi connectivity index (χ0n) is 9.16. The fourth-order valence-corrected chi connectivity index (χ4v) is 3.01. The Kier molecular flexibility index (Phi) is 5.16. The van der Waals surface area contributed by atoms with Gasteiger partial charge in [0.25, 0.3) is 0 Å². The predicted octanol–water partition coefficient (Wildman–Crippen LogP) is 4.09. The van der Waals surface area contributed by atoms with E-state index in [2.05, 4.69) is 28.1 Å². The molecule has 1 N–H and O–H groups in total. The minimum absolute atomic E-state index is 0.521. The molecular weight excluding hydrogens is 272 g/mol. The van der Waals surface area contributed by atoms with Crippen molar-refractivity contribution in [3.05, 3.63) is 28.7 Å². The SMILES string of the molecule is CCC(O)(CC)CSc1cccc(Br)c1. The van der Waals surface area contributed by atoms with E-state index in [1.165, 1.54) is 4.90 Å². The summed E-state index contributed by atoms with van der Waals surface area (Å²) in [6, 6.07) is 8.18. The lowest BCUT2D eigenvalue weighted by Gasteiger charge is -2.24. The second kappa shape index (κ2) is 5.92. The molecule has 1 nitrogen and oxygen atoms in total. The number of halogens is 1. The highest BCUT2D eigenvalue weighted by Gasteiger charge is 2.21. The van der Waals surface area contributed by atoms with E-state index in [0.29, 0.717) is 0 Å². The summed E-state index contributed by atoms with van der Waals surface area (Å²) in [6.07, 6.45) is 1.62. The van der Waals surface area contributed by atoms with E-state index >= 15 is 0 Å². The Morgan fingerprint density at radius 2 is 2.00 bits per heavy atom. The van der Waals surface area contributed by atoms with Crippen molar-refractivity contribution in [2.24, 2.45) is 0 Å². The van der Waals surface area contributed by atoms with E-state index in [9.17, 15) is 5.11 Å². The van der Waals surface area contributed by atoms with Gasteiger partial charge in [0, 0.05) is 15.1 Å². The molecule has 0 aliphatic rings. The zero-order chi connectivity index (χ0) is 11.3. The Bertz CT molecular complexity index is 310. The van der Waals surface area contributed by atoms with Crippen LogP contribution in [-0.2, 0) is 0 Å². The number of benzene rings is 1. The summed E-state index contributed by atoms with van der Waals surface area (Å²) in [5.41, 5.74) is -0.521. The standard InChI is InChI=1S/C12H17BrOS/c1-3-12(14,4-2)9-15-11-7-5-6-10(13)8-11/h5-8,14H,3-4,9H2,1-2H3. The van der Waals surface area contributed by atoms with Gasteiger partial charge < -0.3 is 5.11 Å². The summed E-state index contributed by atoms with van der Waals surface area (Å²) in [5.74, 6) is 0.760. The summed E-state index contributed by atoms with van der Waals surface area (Å²) in [7, 11) is 0. The van der Waals surface area contributed by atoms with E-state index in [0.717, 1.165) is 23.1 Å². The van der Waals surface area contributed by atoms with E-state index in [4.69, 9.17) is 0 Å². The highest BCUT2D eigenvalue weighted by Crippen LogP contribution is 2.28. The van der Waals surface area contributed by atoms with Crippen molar-refractivity contribution >= 4 is 27.7 Å². The molecule has 0 unspecified atom stereocenters. The lowest BCUT2D eigenvalue weighted by atomic mass is 10.0. The summed E-state index contributed by atoms with van der Waals surface area (Å²) in [5, 5.41) is 10.1. The number of thioether (sulfide) groups is 1. The van der Waals surface area contributed by atoms with Gasteiger partial charge in [-0.25, -0.2) is 0 Å². The van der Waals surface area contributed by atoms with E-state index in [1.807, 2.05) is 26.0 Å². The predicted molar refractivity (Wildman–Crippen MR) is 70.4 cm³/mol. The third-order valence-corrected chi connectivity index (χ3v) is 4.38. The first kappa shape index (κ1) is 13.1. The molecule has 0 aliphatic heterocycles. The largest absolute Gasteiger partial charge is 0.389 e. The van der Waals surface area contributed by atoms with Crippen molar-refractivity contribution in [1.29, 1.82) is 0 Å². The second-order valence-electron chi connectivity index (χ2n) is 3.68. The van der Waals surface area contributed by atoms with Gasteiger partial charge in [-0.05, 0) is 31.0 Å². The molecular formula is C12H17BrOS. The summed E-state index contributed by atoms with van der Waals surface area (Å²) >= 11 is 5.15. The molecule has 0 bridgehead atoms. The van der Waals surface area contributed by atoms with Crippen molar-refractivity contribution in [2.45, 2.75) is 37.2 Å². The first-order valence-corrected chi connectivity index (χ1v) is 6.98. The van der Waals surface area contributed by atoms with Gasteiger partial charge >= 0.3 is 0 Å². The smallest absolute Gasteiger partial charge is 0.0736 e. The van der Waals surface area contributed by atoms with Gasteiger partial charge in [0.15, 0.2) is 0 Å². The monoisotopic (exact) mass is 288 g/mol. The Morgan fingerprint density at radius 3 is 2.53 bits per heavy atom. The van der Waals surface area contributed by atoms with E-state index in [1.54, 1.807) is 11.8 Å². The minimum Gasteiger partial charge on any atom is -0.389 e. The maximum atomic E-state index is 10.1. The first-order valence-electron chi connectivity index (χ1n) is 5.20. The molecule has 0 saturated carbocycles. The van der Waals surface area contributed by atoms with Crippen LogP contribution in [0.5, 0.6) is 0 Å². The molecule has 0 aromatic heterocycles. The van der Waals surface area contributed by atoms with Crippen molar-refractivity contribution in [1.82, 2.24) is 0 Å². The fourth-order valence-electron chi connectivity index (χ4n) is 1.23. The average molecular weight is 289 g/mol. The quantitative estimate of drug-likeness (QED) is 0.824. The van der Waals surface area contributed by atoms with E-state index in [-0.39, 0.29) is 0 Å². The molecule has 0 aliphatic carbocycles.